The van der Waals surface area contributed by atoms with Gasteiger partial charge in [0.15, 0.2) is 0 Å². The van der Waals surface area contributed by atoms with E-state index in [0.717, 1.165) is 36.6 Å². The average Bonchev–Trinajstić information content (AvgIpc) is 3.24. The number of hydrogen-bond acceptors (Lipinski definition) is 5. The third-order valence-electron chi connectivity index (χ3n) is 5.13. The zero-order valence-corrected chi connectivity index (χ0v) is 15.6. The zero-order valence-electron chi connectivity index (χ0n) is 14.9. The molecule has 2 unspecified atom stereocenters. The molecule has 1 aromatic carbocycles. The molecule has 0 bridgehead atoms. The first-order valence-corrected chi connectivity index (χ1v) is 9.21. The second-order valence-corrected chi connectivity index (χ2v) is 7.06. The highest BCUT2D eigenvalue weighted by Crippen LogP contribution is 2.34. The Morgan fingerprint density at radius 2 is 2.15 bits per heavy atom. The van der Waals surface area contributed by atoms with Crippen molar-refractivity contribution < 1.29 is 4.39 Å². The summed E-state index contributed by atoms with van der Waals surface area (Å²) in [6.45, 7) is 4.57. The number of aromatic amines is 1. The Hall–Kier alpha value is -2.51. The number of aromatic nitrogens is 4. The van der Waals surface area contributed by atoms with Gasteiger partial charge in [-0.05, 0) is 24.6 Å². The van der Waals surface area contributed by atoms with E-state index in [1.807, 2.05) is 12.4 Å². The van der Waals surface area contributed by atoms with Crippen LogP contribution in [-0.4, -0.2) is 44.7 Å². The molecule has 3 aromatic rings. The van der Waals surface area contributed by atoms with Crippen molar-refractivity contribution in [3.05, 3.63) is 71.2 Å². The van der Waals surface area contributed by atoms with Crippen LogP contribution in [-0.2, 0) is 0 Å². The minimum atomic E-state index is -0.411. The molecule has 4 rings (SSSR count). The summed E-state index contributed by atoms with van der Waals surface area (Å²) in [4.78, 5) is 13.3. The smallest absolute Gasteiger partial charge is 0.147 e. The second kappa shape index (κ2) is 7.62. The third-order valence-corrected chi connectivity index (χ3v) is 5.42. The van der Waals surface area contributed by atoms with Crippen molar-refractivity contribution in [1.82, 2.24) is 25.1 Å². The Balaban J connectivity index is 1.66. The van der Waals surface area contributed by atoms with E-state index >= 15 is 0 Å². The lowest BCUT2D eigenvalue weighted by atomic mass is 10.00. The van der Waals surface area contributed by atoms with Crippen LogP contribution < -0.4 is 4.90 Å². The number of nitrogens with zero attached hydrogens (tertiary/aromatic N) is 5. The van der Waals surface area contributed by atoms with Crippen LogP contribution in [0, 0.1) is 5.82 Å². The van der Waals surface area contributed by atoms with Gasteiger partial charge in [-0.3, -0.25) is 15.0 Å². The van der Waals surface area contributed by atoms with Crippen LogP contribution in [0.3, 0.4) is 0 Å². The number of nitrogens with one attached hydrogen (secondary N) is 1. The van der Waals surface area contributed by atoms with E-state index in [2.05, 4.69) is 36.9 Å². The summed E-state index contributed by atoms with van der Waals surface area (Å²) in [6, 6.07) is 5.12. The first kappa shape index (κ1) is 17.9. The van der Waals surface area contributed by atoms with E-state index in [9.17, 15) is 4.39 Å². The van der Waals surface area contributed by atoms with Crippen molar-refractivity contribution in [1.29, 1.82) is 0 Å². The molecule has 2 atom stereocenters. The predicted octanol–water partition coefficient (Wildman–Crippen LogP) is 3.62. The largest absolute Gasteiger partial charge is 0.346 e. The van der Waals surface area contributed by atoms with Crippen LogP contribution >= 0.6 is 11.6 Å². The summed E-state index contributed by atoms with van der Waals surface area (Å²) in [5.41, 5.74) is 2.09. The van der Waals surface area contributed by atoms with Gasteiger partial charge in [0.1, 0.15) is 11.6 Å². The number of anilines is 1. The molecule has 3 heterocycles. The molecule has 1 N–H and O–H groups in total. The van der Waals surface area contributed by atoms with Crippen molar-refractivity contribution in [2.45, 2.75) is 19.0 Å². The lowest BCUT2D eigenvalue weighted by molar-refractivity contribution is 0.170. The molecule has 6 nitrogen and oxygen atoms in total. The van der Waals surface area contributed by atoms with E-state index in [4.69, 9.17) is 11.6 Å². The fourth-order valence-corrected chi connectivity index (χ4v) is 3.76. The van der Waals surface area contributed by atoms with E-state index in [1.54, 1.807) is 30.7 Å². The van der Waals surface area contributed by atoms with Crippen LogP contribution in [0.1, 0.15) is 30.1 Å². The highest BCUT2D eigenvalue weighted by molar-refractivity contribution is 6.30. The lowest BCUT2D eigenvalue weighted by Gasteiger charge is -2.44. The van der Waals surface area contributed by atoms with Crippen molar-refractivity contribution >= 4 is 17.4 Å². The maximum atomic E-state index is 13.7. The van der Waals surface area contributed by atoms with Gasteiger partial charge in [-0.15, -0.1) is 0 Å². The normalized spacial score (nSPS) is 19.2. The van der Waals surface area contributed by atoms with Gasteiger partial charge in [-0.25, -0.2) is 9.37 Å². The van der Waals surface area contributed by atoms with Crippen LogP contribution in [0.4, 0.5) is 10.2 Å². The fraction of sp³-hybridized carbons (Fsp3) is 0.316. The molecule has 2 aromatic heterocycles. The summed E-state index contributed by atoms with van der Waals surface area (Å²) < 4.78 is 13.7. The SMILES string of the molecule is CC(c1cn[nH]c1)N1CCN(c2cnccn2)C(c2ccc(F)c(Cl)c2)C1. The number of rotatable bonds is 4. The van der Waals surface area contributed by atoms with E-state index in [-0.39, 0.29) is 17.1 Å². The summed E-state index contributed by atoms with van der Waals surface area (Å²) in [6.07, 6.45) is 8.87. The van der Waals surface area contributed by atoms with Gasteiger partial charge >= 0.3 is 0 Å². The standard InChI is InChI=1S/C19H20ClFN6/c1-13(15-9-24-25-10-15)26-6-7-27(19-11-22-4-5-23-19)18(12-26)14-2-3-17(21)16(20)8-14/h2-5,8-11,13,18H,6-7,12H2,1H3,(H,24,25). The number of hydrogen-bond donors (Lipinski definition) is 1. The van der Waals surface area contributed by atoms with Crippen molar-refractivity contribution in [2.24, 2.45) is 0 Å². The van der Waals surface area contributed by atoms with E-state index < -0.39 is 5.82 Å². The molecule has 8 heteroatoms. The predicted molar refractivity (Wildman–Crippen MR) is 102 cm³/mol. The molecule has 140 valence electrons. The van der Waals surface area contributed by atoms with Gasteiger partial charge in [-0.1, -0.05) is 17.7 Å². The van der Waals surface area contributed by atoms with Crippen LogP contribution in [0.5, 0.6) is 0 Å². The minimum absolute atomic E-state index is 0.0112. The topological polar surface area (TPSA) is 60.9 Å². The number of piperazine rings is 1. The van der Waals surface area contributed by atoms with Gasteiger partial charge < -0.3 is 4.90 Å². The van der Waals surface area contributed by atoms with Gasteiger partial charge in [-0.2, -0.15) is 5.10 Å². The Kier molecular flexibility index (Phi) is 5.05. The quantitative estimate of drug-likeness (QED) is 0.742. The summed E-state index contributed by atoms with van der Waals surface area (Å²) in [5.74, 6) is 0.393. The molecule has 1 saturated heterocycles. The van der Waals surface area contributed by atoms with Crippen molar-refractivity contribution in [3.8, 4) is 0 Å². The first-order valence-electron chi connectivity index (χ1n) is 8.84. The molecule has 1 aliphatic rings. The summed E-state index contributed by atoms with van der Waals surface area (Å²) in [5, 5.41) is 7.07. The summed E-state index contributed by atoms with van der Waals surface area (Å²) in [7, 11) is 0. The molecule has 0 radical (unpaired) electrons. The first-order chi connectivity index (χ1) is 13.1. The fourth-order valence-electron chi connectivity index (χ4n) is 3.57. The van der Waals surface area contributed by atoms with Crippen LogP contribution in [0.15, 0.2) is 49.2 Å². The molecule has 0 saturated carbocycles. The minimum Gasteiger partial charge on any atom is -0.346 e. The molecular formula is C19H20ClFN6. The lowest BCUT2D eigenvalue weighted by Crippen LogP contribution is -2.49. The Labute approximate surface area is 162 Å². The van der Waals surface area contributed by atoms with Gasteiger partial charge in [0.05, 0.1) is 23.5 Å². The van der Waals surface area contributed by atoms with Crippen molar-refractivity contribution in [2.75, 3.05) is 24.5 Å². The molecule has 1 aliphatic heterocycles. The second-order valence-electron chi connectivity index (χ2n) is 6.65. The Bertz CT molecular complexity index is 888. The number of halogens is 2. The van der Waals surface area contributed by atoms with Gasteiger partial charge in [0, 0.05) is 49.8 Å². The maximum Gasteiger partial charge on any atom is 0.147 e. The molecule has 0 aliphatic carbocycles. The highest BCUT2D eigenvalue weighted by Gasteiger charge is 2.32. The monoisotopic (exact) mass is 386 g/mol. The van der Waals surface area contributed by atoms with Crippen LogP contribution in [0.2, 0.25) is 5.02 Å². The van der Waals surface area contributed by atoms with Crippen molar-refractivity contribution in [3.63, 3.8) is 0 Å². The van der Waals surface area contributed by atoms with E-state index in [1.165, 1.54) is 6.07 Å². The van der Waals surface area contributed by atoms with Gasteiger partial charge in [0.2, 0.25) is 0 Å². The third kappa shape index (κ3) is 3.65. The van der Waals surface area contributed by atoms with Crippen LogP contribution in [0.25, 0.3) is 0 Å². The average molecular weight is 387 g/mol. The number of H-pyrrole nitrogens is 1. The maximum absolute atomic E-state index is 13.7. The Morgan fingerprint density at radius 3 is 2.85 bits per heavy atom. The summed E-state index contributed by atoms with van der Waals surface area (Å²) >= 11 is 6.06. The molecular weight excluding hydrogens is 367 g/mol. The molecule has 1 fully saturated rings. The molecule has 27 heavy (non-hydrogen) atoms. The number of benzene rings is 1. The zero-order chi connectivity index (χ0) is 18.8. The van der Waals surface area contributed by atoms with Gasteiger partial charge in [0.25, 0.3) is 0 Å². The van der Waals surface area contributed by atoms with E-state index in [0.29, 0.717) is 0 Å². The Morgan fingerprint density at radius 1 is 1.26 bits per heavy atom. The highest BCUT2D eigenvalue weighted by atomic mass is 35.5. The molecule has 0 amide bonds. The molecule has 0 spiro atoms.